The second-order valence-corrected chi connectivity index (χ2v) is 13.4. The Morgan fingerprint density at radius 1 is 0.621 bits per heavy atom. The van der Waals surface area contributed by atoms with Gasteiger partial charge in [0.1, 0.15) is 31.3 Å². The topological polar surface area (TPSA) is 223 Å². The number of carboxylic acids is 2. The third-order valence-electron chi connectivity index (χ3n) is 8.97. The van der Waals surface area contributed by atoms with Crippen LogP contribution in [0.15, 0.2) is 121 Å². The molecule has 0 aliphatic carbocycles. The summed E-state index contributed by atoms with van der Waals surface area (Å²) in [6.45, 7) is 0.559. The summed E-state index contributed by atoms with van der Waals surface area (Å²) in [6.07, 6.45) is -3.40. The minimum atomic E-state index is -2.14. The van der Waals surface area contributed by atoms with Crippen LogP contribution in [0.1, 0.15) is 48.4 Å². The molecule has 0 aliphatic rings. The molecule has 4 rings (SSSR count). The average molecular weight is 795 g/mol. The third kappa shape index (κ3) is 13.4. The molecule has 0 fully saturated rings. The van der Waals surface area contributed by atoms with E-state index in [1.165, 1.54) is 6.92 Å². The van der Waals surface area contributed by atoms with Gasteiger partial charge in [-0.1, -0.05) is 121 Å². The maximum Gasteiger partial charge on any atom is 0.408 e. The quantitative estimate of drug-likeness (QED) is 0.0930. The standard InChI is InChI=1S/C43H46N4O11/c1-29(45-43(56)58-28-33-20-12-5-13-21-33)39(52)47(40(53)34(44)22-23-37(48)49)35(25-38(50)51)41(54)46(26-31-16-8-3-9-17-31)36(24-30-14-6-2-7-15-30)42(55)57-27-32-18-10-4-11-19-32/h2-21,29,34-36H,22-28,44H2,1H3,(H,45,56)(H,48,49)(H,50,51)/t29-,34-,35-,36-/m0/s1. The Labute approximate surface area is 335 Å². The summed E-state index contributed by atoms with van der Waals surface area (Å²) in [7, 11) is 0. The predicted octanol–water partition coefficient (Wildman–Crippen LogP) is 4.08. The molecule has 0 spiro atoms. The van der Waals surface area contributed by atoms with Crippen molar-refractivity contribution in [3.8, 4) is 0 Å². The molecule has 0 bridgehead atoms. The van der Waals surface area contributed by atoms with Crippen molar-refractivity contribution >= 4 is 41.7 Å². The molecular weight excluding hydrogens is 748 g/mol. The number of aliphatic carboxylic acids is 2. The number of ether oxygens (including phenoxy) is 2. The lowest BCUT2D eigenvalue weighted by Gasteiger charge is -2.38. The number of nitrogens with zero attached hydrogens (tertiary/aromatic N) is 2. The van der Waals surface area contributed by atoms with Gasteiger partial charge in [0.15, 0.2) is 0 Å². The van der Waals surface area contributed by atoms with E-state index in [0.717, 1.165) is 4.90 Å². The SMILES string of the molecule is C[C@H](NC(=O)OCc1ccccc1)C(=O)N(C(=O)[C@@H](N)CCC(=O)O)[C@@H](CC(=O)O)C(=O)N(Cc1ccccc1)[C@@H](Cc1ccccc1)C(=O)OCc1ccccc1. The largest absolute Gasteiger partial charge is 0.481 e. The van der Waals surface area contributed by atoms with Crippen LogP contribution in [0.5, 0.6) is 0 Å². The Morgan fingerprint density at radius 3 is 1.60 bits per heavy atom. The Hall–Kier alpha value is -6.87. The summed E-state index contributed by atoms with van der Waals surface area (Å²) in [5.74, 6) is -7.40. The molecule has 4 aromatic rings. The Kier molecular flexibility index (Phi) is 16.6. The van der Waals surface area contributed by atoms with Gasteiger partial charge in [0.05, 0.1) is 12.5 Å². The first kappa shape index (κ1) is 43.9. The van der Waals surface area contributed by atoms with Gasteiger partial charge in [-0.15, -0.1) is 0 Å². The normalized spacial score (nSPS) is 12.8. The molecule has 0 unspecified atom stereocenters. The van der Waals surface area contributed by atoms with Gasteiger partial charge in [-0.2, -0.15) is 0 Å². The first-order chi connectivity index (χ1) is 27.8. The van der Waals surface area contributed by atoms with Gasteiger partial charge in [0, 0.05) is 19.4 Å². The summed E-state index contributed by atoms with van der Waals surface area (Å²) in [6, 6.07) is 27.7. The maximum absolute atomic E-state index is 15.1. The number of carboxylic acid groups (broad SMARTS) is 2. The van der Waals surface area contributed by atoms with E-state index in [4.69, 9.17) is 15.2 Å². The van der Waals surface area contributed by atoms with Gasteiger partial charge in [-0.3, -0.25) is 28.9 Å². The summed E-state index contributed by atoms with van der Waals surface area (Å²) in [5.41, 5.74) is 8.53. The number of imide groups is 1. The number of benzene rings is 4. The Balaban J connectivity index is 1.78. The van der Waals surface area contributed by atoms with Crippen LogP contribution in [0, 0.1) is 0 Å². The van der Waals surface area contributed by atoms with Crippen molar-refractivity contribution in [1.82, 2.24) is 15.1 Å². The first-order valence-electron chi connectivity index (χ1n) is 18.5. The molecule has 4 atom stereocenters. The van der Waals surface area contributed by atoms with Gasteiger partial charge in [-0.05, 0) is 35.6 Å². The molecule has 0 saturated carbocycles. The van der Waals surface area contributed by atoms with Crippen LogP contribution < -0.4 is 11.1 Å². The van der Waals surface area contributed by atoms with Crippen molar-refractivity contribution in [2.45, 2.75) is 76.5 Å². The van der Waals surface area contributed by atoms with Gasteiger partial charge < -0.3 is 35.6 Å². The molecule has 4 amide bonds. The first-order valence-corrected chi connectivity index (χ1v) is 18.5. The Morgan fingerprint density at radius 2 is 1.10 bits per heavy atom. The van der Waals surface area contributed by atoms with Crippen molar-refractivity contribution in [2.75, 3.05) is 0 Å². The van der Waals surface area contributed by atoms with Crippen molar-refractivity contribution < 1.29 is 53.2 Å². The molecule has 304 valence electrons. The highest BCUT2D eigenvalue weighted by molar-refractivity contribution is 6.06. The number of hydrogen-bond acceptors (Lipinski definition) is 10. The van der Waals surface area contributed by atoms with E-state index in [9.17, 15) is 39.0 Å². The number of rotatable bonds is 20. The number of carbonyl (C=O) groups excluding carboxylic acids is 5. The van der Waals surface area contributed by atoms with E-state index in [1.807, 2.05) is 0 Å². The maximum atomic E-state index is 15.1. The average Bonchev–Trinajstić information content (AvgIpc) is 3.23. The van der Waals surface area contributed by atoms with Crippen LogP contribution in [-0.2, 0) is 64.4 Å². The molecule has 15 nitrogen and oxygen atoms in total. The molecule has 58 heavy (non-hydrogen) atoms. The number of carbonyl (C=O) groups is 7. The molecular formula is C43H46N4O11. The molecule has 4 aromatic carbocycles. The summed E-state index contributed by atoms with van der Waals surface area (Å²) >= 11 is 0. The fourth-order valence-electron chi connectivity index (χ4n) is 5.96. The number of nitrogens with two attached hydrogens (primary N) is 1. The van der Waals surface area contributed by atoms with Gasteiger partial charge in [-0.25, -0.2) is 9.59 Å². The zero-order chi connectivity index (χ0) is 42.0. The lowest BCUT2D eigenvalue weighted by molar-refractivity contribution is -0.164. The van der Waals surface area contributed by atoms with Crippen LogP contribution in [0.3, 0.4) is 0 Å². The number of alkyl carbamates (subject to hydrolysis) is 1. The minimum Gasteiger partial charge on any atom is -0.481 e. The highest BCUT2D eigenvalue weighted by Gasteiger charge is 2.44. The number of esters is 1. The zero-order valence-electron chi connectivity index (χ0n) is 31.8. The van der Waals surface area contributed by atoms with Crippen LogP contribution >= 0.6 is 0 Å². The number of amides is 4. The molecule has 15 heteroatoms. The summed E-state index contributed by atoms with van der Waals surface area (Å²) in [4.78, 5) is 95.9. The van der Waals surface area contributed by atoms with Crippen molar-refractivity contribution in [3.05, 3.63) is 144 Å². The summed E-state index contributed by atoms with van der Waals surface area (Å²) in [5, 5.41) is 21.8. The molecule has 5 N–H and O–H groups in total. The summed E-state index contributed by atoms with van der Waals surface area (Å²) < 4.78 is 11.0. The van der Waals surface area contributed by atoms with E-state index in [-0.39, 0.29) is 26.2 Å². The highest BCUT2D eigenvalue weighted by Crippen LogP contribution is 2.22. The second-order valence-electron chi connectivity index (χ2n) is 13.4. The van der Waals surface area contributed by atoms with E-state index in [1.54, 1.807) is 121 Å². The van der Waals surface area contributed by atoms with E-state index >= 15 is 4.79 Å². The highest BCUT2D eigenvalue weighted by atomic mass is 16.5. The zero-order valence-corrected chi connectivity index (χ0v) is 31.8. The van der Waals surface area contributed by atoms with Crippen LogP contribution in [0.2, 0.25) is 0 Å². The molecule has 0 aliphatic heterocycles. The van der Waals surface area contributed by atoms with E-state index in [2.05, 4.69) is 5.32 Å². The molecule has 0 radical (unpaired) electrons. The second kappa shape index (κ2) is 22.0. The molecule has 0 saturated heterocycles. The fourth-order valence-corrected chi connectivity index (χ4v) is 5.96. The lowest BCUT2D eigenvalue weighted by atomic mass is 10.00. The number of hydrogen-bond donors (Lipinski definition) is 4. The van der Waals surface area contributed by atoms with E-state index < -0.39 is 85.2 Å². The minimum absolute atomic E-state index is 0.113. The van der Waals surface area contributed by atoms with Gasteiger partial charge in [0.2, 0.25) is 11.8 Å². The smallest absolute Gasteiger partial charge is 0.408 e. The Bertz CT molecular complexity index is 2000. The molecule has 0 heterocycles. The third-order valence-corrected chi connectivity index (χ3v) is 8.97. The van der Waals surface area contributed by atoms with Crippen molar-refractivity contribution in [2.24, 2.45) is 5.73 Å². The van der Waals surface area contributed by atoms with Crippen molar-refractivity contribution in [1.29, 1.82) is 0 Å². The van der Waals surface area contributed by atoms with Crippen molar-refractivity contribution in [3.63, 3.8) is 0 Å². The van der Waals surface area contributed by atoms with Crippen LogP contribution in [0.4, 0.5) is 4.79 Å². The van der Waals surface area contributed by atoms with Gasteiger partial charge in [0.25, 0.3) is 5.91 Å². The predicted molar refractivity (Wildman–Crippen MR) is 209 cm³/mol. The number of nitrogens with one attached hydrogen (secondary N) is 1. The van der Waals surface area contributed by atoms with Crippen LogP contribution in [-0.4, -0.2) is 85.9 Å². The lowest BCUT2D eigenvalue weighted by Crippen LogP contribution is -2.62. The fraction of sp³-hybridized carbons (Fsp3) is 0.279. The monoisotopic (exact) mass is 794 g/mol. The van der Waals surface area contributed by atoms with E-state index in [0.29, 0.717) is 27.2 Å². The van der Waals surface area contributed by atoms with Gasteiger partial charge >= 0.3 is 24.0 Å². The molecule has 0 aromatic heterocycles. The van der Waals surface area contributed by atoms with Crippen LogP contribution in [0.25, 0.3) is 0 Å².